The van der Waals surface area contributed by atoms with Crippen molar-refractivity contribution in [2.75, 3.05) is 39.4 Å². The zero-order valence-corrected chi connectivity index (χ0v) is 15.5. The fourth-order valence-electron chi connectivity index (χ4n) is 3.14. The van der Waals surface area contributed by atoms with Crippen LogP contribution in [0.3, 0.4) is 0 Å². The zero-order chi connectivity index (χ0) is 18.5. The minimum Gasteiger partial charge on any atom is -0.490 e. The molecular formula is C19H27N3O4. The first kappa shape index (κ1) is 18.4. The van der Waals surface area contributed by atoms with Gasteiger partial charge in [-0.2, -0.15) is 0 Å². The Morgan fingerprint density at radius 2 is 1.65 bits per heavy atom. The summed E-state index contributed by atoms with van der Waals surface area (Å²) in [5.74, 6) is 1.28. The van der Waals surface area contributed by atoms with Crippen LogP contribution in [0.15, 0.2) is 18.2 Å². The number of rotatable bonds is 2. The lowest BCUT2D eigenvalue weighted by atomic mass is 10.1. The lowest BCUT2D eigenvalue weighted by molar-refractivity contribution is 0.0761. The molecule has 0 aromatic heterocycles. The van der Waals surface area contributed by atoms with E-state index in [0.717, 1.165) is 12.8 Å². The van der Waals surface area contributed by atoms with Crippen molar-refractivity contribution in [3.63, 3.8) is 0 Å². The number of benzene rings is 1. The molecule has 142 valence electrons. The molecule has 0 bridgehead atoms. The average molecular weight is 361 g/mol. The van der Waals surface area contributed by atoms with Crippen LogP contribution in [0.25, 0.3) is 0 Å². The van der Waals surface area contributed by atoms with Crippen molar-refractivity contribution < 1.29 is 19.1 Å². The molecule has 2 aliphatic heterocycles. The third-order valence-corrected chi connectivity index (χ3v) is 4.48. The largest absolute Gasteiger partial charge is 0.490 e. The van der Waals surface area contributed by atoms with Gasteiger partial charge in [-0.15, -0.1) is 0 Å². The molecule has 1 aromatic rings. The van der Waals surface area contributed by atoms with Gasteiger partial charge in [-0.25, -0.2) is 4.79 Å². The Hall–Kier alpha value is -2.44. The zero-order valence-electron chi connectivity index (χ0n) is 15.5. The Kier molecular flexibility index (Phi) is 5.85. The summed E-state index contributed by atoms with van der Waals surface area (Å²) in [6, 6.07) is 5.38. The number of carbonyl (C=O) groups is 2. The van der Waals surface area contributed by atoms with Gasteiger partial charge >= 0.3 is 6.03 Å². The molecule has 7 heteroatoms. The van der Waals surface area contributed by atoms with Crippen molar-refractivity contribution in [3.05, 3.63) is 23.8 Å². The maximum Gasteiger partial charge on any atom is 0.317 e. The van der Waals surface area contributed by atoms with Gasteiger partial charge in [0.15, 0.2) is 11.5 Å². The summed E-state index contributed by atoms with van der Waals surface area (Å²) in [7, 11) is 0. The normalized spacial score (nSPS) is 17.5. The van der Waals surface area contributed by atoms with Gasteiger partial charge < -0.3 is 24.6 Å². The molecule has 7 nitrogen and oxygen atoms in total. The van der Waals surface area contributed by atoms with E-state index in [1.165, 1.54) is 0 Å². The number of nitrogens with zero attached hydrogens (tertiary/aromatic N) is 2. The fourth-order valence-corrected chi connectivity index (χ4v) is 3.14. The van der Waals surface area contributed by atoms with E-state index in [-0.39, 0.29) is 18.0 Å². The van der Waals surface area contributed by atoms with E-state index >= 15 is 0 Å². The van der Waals surface area contributed by atoms with Crippen LogP contribution in [0.1, 0.15) is 37.0 Å². The number of nitrogens with one attached hydrogen (secondary N) is 1. The summed E-state index contributed by atoms with van der Waals surface area (Å²) in [4.78, 5) is 28.7. The molecular weight excluding hydrogens is 334 g/mol. The molecule has 0 spiro atoms. The van der Waals surface area contributed by atoms with Crippen LogP contribution >= 0.6 is 0 Å². The lowest BCUT2D eigenvalue weighted by Gasteiger charge is -2.23. The molecule has 3 amide bonds. The van der Waals surface area contributed by atoms with Crippen LogP contribution in [0.2, 0.25) is 0 Å². The summed E-state index contributed by atoms with van der Waals surface area (Å²) in [5, 5.41) is 2.91. The number of hydrogen-bond acceptors (Lipinski definition) is 4. The number of urea groups is 1. The Balaban J connectivity index is 1.65. The monoisotopic (exact) mass is 361 g/mol. The van der Waals surface area contributed by atoms with E-state index in [0.29, 0.717) is 56.5 Å². The first-order valence-electron chi connectivity index (χ1n) is 9.29. The van der Waals surface area contributed by atoms with Crippen LogP contribution in [0, 0.1) is 0 Å². The maximum atomic E-state index is 12.9. The van der Waals surface area contributed by atoms with Gasteiger partial charge in [0.25, 0.3) is 5.91 Å². The molecule has 0 aliphatic carbocycles. The van der Waals surface area contributed by atoms with Crippen molar-refractivity contribution in [3.8, 4) is 11.5 Å². The summed E-state index contributed by atoms with van der Waals surface area (Å²) in [6.45, 7) is 7.45. The molecule has 1 fully saturated rings. The Morgan fingerprint density at radius 1 is 0.962 bits per heavy atom. The second-order valence-electron chi connectivity index (χ2n) is 6.95. The summed E-state index contributed by atoms with van der Waals surface area (Å²) in [5.41, 5.74) is 0.592. The highest BCUT2D eigenvalue weighted by Gasteiger charge is 2.24. The number of ether oxygens (including phenoxy) is 2. The number of fused-ring (bicyclic) bond motifs is 1. The molecule has 1 N–H and O–H groups in total. The maximum absolute atomic E-state index is 12.9. The second kappa shape index (κ2) is 8.29. The van der Waals surface area contributed by atoms with E-state index in [1.54, 1.807) is 23.1 Å². The van der Waals surface area contributed by atoms with Crippen LogP contribution < -0.4 is 14.8 Å². The highest BCUT2D eigenvalue weighted by atomic mass is 16.5. The van der Waals surface area contributed by atoms with E-state index in [9.17, 15) is 9.59 Å². The van der Waals surface area contributed by atoms with Crippen LogP contribution in [-0.2, 0) is 0 Å². The molecule has 0 radical (unpaired) electrons. The van der Waals surface area contributed by atoms with Gasteiger partial charge in [-0.05, 0) is 38.5 Å². The molecule has 0 atom stereocenters. The first-order chi connectivity index (χ1) is 12.5. The summed E-state index contributed by atoms with van der Waals surface area (Å²) >= 11 is 0. The first-order valence-corrected chi connectivity index (χ1v) is 9.29. The van der Waals surface area contributed by atoms with Gasteiger partial charge in [-0.3, -0.25) is 4.79 Å². The molecule has 0 saturated carbocycles. The predicted octanol–water partition coefficient (Wildman–Crippen LogP) is 2.11. The highest BCUT2D eigenvalue weighted by Crippen LogP contribution is 2.30. The molecule has 0 unspecified atom stereocenters. The van der Waals surface area contributed by atoms with Crippen molar-refractivity contribution >= 4 is 11.9 Å². The van der Waals surface area contributed by atoms with E-state index in [2.05, 4.69) is 5.32 Å². The number of carbonyl (C=O) groups excluding carboxylic acids is 2. The topological polar surface area (TPSA) is 71.1 Å². The summed E-state index contributed by atoms with van der Waals surface area (Å²) < 4.78 is 11.3. The Bertz CT molecular complexity index is 662. The van der Waals surface area contributed by atoms with Crippen molar-refractivity contribution in [2.45, 2.75) is 32.7 Å². The van der Waals surface area contributed by atoms with Crippen LogP contribution in [0.4, 0.5) is 4.79 Å². The van der Waals surface area contributed by atoms with Crippen molar-refractivity contribution in [2.24, 2.45) is 0 Å². The van der Waals surface area contributed by atoms with Gasteiger partial charge in [0.2, 0.25) is 0 Å². The highest BCUT2D eigenvalue weighted by molar-refractivity contribution is 5.95. The molecule has 2 aliphatic rings. The summed E-state index contributed by atoms with van der Waals surface area (Å²) in [6.07, 6.45) is 1.60. The van der Waals surface area contributed by atoms with Gasteiger partial charge in [0, 0.05) is 44.2 Å². The number of amides is 3. The van der Waals surface area contributed by atoms with Crippen molar-refractivity contribution in [1.82, 2.24) is 15.1 Å². The van der Waals surface area contributed by atoms with E-state index in [4.69, 9.17) is 9.47 Å². The third kappa shape index (κ3) is 4.39. The Labute approximate surface area is 154 Å². The smallest absolute Gasteiger partial charge is 0.317 e. The quantitative estimate of drug-likeness (QED) is 0.876. The molecule has 2 heterocycles. The minimum atomic E-state index is -0.0649. The molecule has 1 saturated heterocycles. The van der Waals surface area contributed by atoms with E-state index in [1.807, 2.05) is 18.7 Å². The standard InChI is InChI=1S/C19H27N3O4/c1-14(2)20-19(24)22-8-3-7-21(9-10-22)18(23)15-5-6-16-17(13-15)26-12-4-11-25-16/h5-6,13-14H,3-4,7-12H2,1-2H3,(H,20,24). The molecule has 3 rings (SSSR count). The van der Waals surface area contributed by atoms with E-state index < -0.39 is 0 Å². The number of hydrogen-bond donors (Lipinski definition) is 1. The third-order valence-electron chi connectivity index (χ3n) is 4.48. The van der Waals surface area contributed by atoms with Gasteiger partial charge in [0.05, 0.1) is 13.2 Å². The minimum absolute atomic E-state index is 0.0354. The van der Waals surface area contributed by atoms with Crippen molar-refractivity contribution in [1.29, 1.82) is 0 Å². The van der Waals surface area contributed by atoms with Gasteiger partial charge in [0.1, 0.15) is 0 Å². The van der Waals surface area contributed by atoms with Crippen LogP contribution in [0.5, 0.6) is 11.5 Å². The molecule has 26 heavy (non-hydrogen) atoms. The average Bonchev–Trinajstić information content (AvgIpc) is 3.00. The lowest BCUT2D eigenvalue weighted by Crippen LogP contribution is -2.44. The van der Waals surface area contributed by atoms with Crippen LogP contribution in [-0.4, -0.2) is 67.2 Å². The second-order valence-corrected chi connectivity index (χ2v) is 6.95. The van der Waals surface area contributed by atoms with Gasteiger partial charge in [-0.1, -0.05) is 0 Å². The predicted molar refractivity (Wildman–Crippen MR) is 97.8 cm³/mol. The fraction of sp³-hybridized carbons (Fsp3) is 0.579. The molecule has 1 aromatic carbocycles. The Morgan fingerprint density at radius 3 is 2.42 bits per heavy atom. The SMILES string of the molecule is CC(C)NC(=O)N1CCCN(C(=O)c2ccc3c(c2)OCCCO3)CC1.